The fourth-order valence-electron chi connectivity index (χ4n) is 2.52. The Morgan fingerprint density at radius 1 is 1.00 bits per heavy atom. The number of hydrogen-bond acceptors (Lipinski definition) is 5. The van der Waals surface area contributed by atoms with Crippen LogP contribution in [0, 0.1) is 5.92 Å². The third kappa shape index (κ3) is 10.0. The molecule has 176 valence electrons. The molecule has 0 aliphatic rings. The molecule has 0 aliphatic heterocycles. The second-order valence-corrected chi connectivity index (χ2v) is 8.83. The Bertz CT molecular complexity index is 986. The van der Waals surface area contributed by atoms with Crippen molar-refractivity contribution < 1.29 is 19.1 Å². The predicted octanol–water partition coefficient (Wildman–Crippen LogP) is 3.22. The number of nitrogens with one attached hydrogen (secondary N) is 4. The average Bonchev–Trinajstić information content (AvgIpc) is 2.79. The average molecular weight is 535 g/mol. The Balaban J connectivity index is 1.69. The molecule has 0 fully saturated rings. The van der Waals surface area contributed by atoms with Gasteiger partial charge in [0.25, 0.3) is 5.91 Å². The zero-order valence-corrected chi connectivity index (χ0v) is 20.8. The topological polar surface area (TPSA) is 109 Å². The van der Waals surface area contributed by atoms with E-state index in [-0.39, 0.29) is 23.9 Å². The minimum absolute atomic E-state index is 0.0265. The van der Waals surface area contributed by atoms with Crippen molar-refractivity contribution in [3.8, 4) is 5.75 Å². The van der Waals surface area contributed by atoms with Crippen LogP contribution in [-0.2, 0) is 16.1 Å². The predicted molar refractivity (Wildman–Crippen MR) is 133 cm³/mol. The third-order valence-electron chi connectivity index (χ3n) is 4.22. The molecular formula is C23H27BrN4O4S. The fraction of sp³-hybridized carbons (Fsp3) is 0.304. The van der Waals surface area contributed by atoms with Gasteiger partial charge >= 0.3 is 0 Å². The van der Waals surface area contributed by atoms with Crippen molar-refractivity contribution in [3.05, 3.63) is 64.1 Å². The van der Waals surface area contributed by atoms with Crippen molar-refractivity contribution >= 4 is 51.0 Å². The highest BCUT2D eigenvalue weighted by atomic mass is 79.9. The number of rotatable bonds is 9. The van der Waals surface area contributed by atoms with Crippen molar-refractivity contribution in [2.45, 2.75) is 33.2 Å². The number of benzene rings is 2. The second kappa shape index (κ2) is 13.5. The van der Waals surface area contributed by atoms with Crippen LogP contribution in [0.5, 0.6) is 5.75 Å². The molecule has 0 saturated heterocycles. The number of ether oxygens (including phenoxy) is 1. The molecule has 0 radical (unpaired) electrons. The molecule has 3 amide bonds. The molecule has 0 heterocycles. The van der Waals surface area contributed by atoms with Gasteiger partial charge < -0.3 is 10.1 Å². The van der Waals surface area contributed by atoms with E-state index < -0.39 is 11.8 Å². The molecule has 10 heteroatoms. The summed E-state index contributed by atoms with van der Waals surface area (Å²) in [6.45, 7) is 5.05. The minimum atomic E-state index is -0.446. The lowest BCUT2D eigenvalue weighted by Crippen LogP contribution is -2.48. The highest BCUT2D eigenvalue weighted by Gasteiger charge is 2.12. The molecule has 0 aromatic heterocycles. The smallest absolute Gasteiger partial charge is 0.257 e. The number of hydrogen-bond donors (Lipinski definition) is 4. The zero-order chi connectivity index (χ0) is 24.2. The Morgan fingerprint density at radius 2 is 1.70 bits per heavy atom. The van der Waals surface area contributed by atoms with Gasteiger partial charge in [-0.3, -0.25) is 30.6 Å². The summed E-state index contributed by atoms with van der Waals surface area (Å²) in [6.07, 6.45) is -0.00626. The maximum Gasteiger partial charge on any atom is 0.257 e. The van der Waals surface area contributed by atoms with Crippen LogP contribution in [0.15, 0.2) is 53.0 Å². The standard InChI is InChI=1S/C23H27BrN4O4S/c1-15(2)14-32-19-9-8-17(12-18(19)24)22(31)26-23(33)28-27-21(30)11-10-20(29)25-13-16-6-4-3-5-7-16/h3-9,12,15H,10-11,13-14H2,1-2H3,(H,25,29)(H,27,30)(H2,26,28,31,33). The highest BCUT2D eigenvalue weighted by molar-refractivity contribution is 9.10. The van der Waals surface area contributed by atoms with Gasteiger partial charge in [-0.2, -0.15) is 0 Å². The maximum atomic E-state index is 12.4. The number of carbonyl (C=O) groups excluding carboxylic acids is 3. The Morgan fingerprint density at radius 3 is 2.36 bits per heavy atom. The molecule has 8 nitrogen and oxygen atoms in total. The van der Waals surface area contributed by atoms with Gasteiger partial charge in [0, 0.05) is 24.9 Å². The Labute approximate surface area is 206 Å². The van der Waals surface area contributed by atoms with Crippen molar-refractivity contribution in [2.24, 2.45) is 5.92 Å². The van der Waals surface area contributed by atoms with Crippen LogP contribution in [0.25, 0.3) is 0 Å². The van der Waals surface area contributed by atoms with Crippen molar-refractivity contribution in [3.63, 3.8) is 0 Å². The number of hydrazine groups is 1. The Hall–Kier alpha value is -2.98. The summed E-state index contributed by atoms with van der Waals surface area (Å²) in [7, 11) is 0. The molecule has 0 spiro atoms. The van der Waals surface area contributed by atoms with Crippen molar-refractivity contribution in [2.75, 3.05) is 6.61 Å². The lowest BCUT2D eigenvalue weighted by molar-refractivity contribution is -0.126. The van der Waals surface area contributed by atoms with Crippen LogP contribution in [-0.4, -0.2) is 29.4 Å². The first-order chi connectivity index (χ1) is 15.7. The van der Waals surface area contributed by atoms with E-state index >= 15 is 0 Å². The van der Waals surface area contributed by atoms with Gasteiger partial charge in [0.1, 0.15) is 5.75 Å². The summed E-state index contributed by atoms with van der Waals surface area (Å²) < 4.78 is 6.31. The van der Waals surface area contributed by atoms with E-state index in [4.69, 9.17) is 17.0 Å². The fourth-order valence-corrected chi connectivity index (χ4v) is 3.16. The number of thiocarbonyl (C=S) groups is 1. The first-order valence-electron chi connectivity index (χ1n) is 10.4. The molecular weight excluding hydrogens is 508 g/mol. The van der Waals surface area contributed by atoms with Crippen molar-refractivity contribution in [1.82, 2.24) is 21.5 Å². The third-order valence-corrected chi connectivity index (χ3v) is 5.04. The van der Waals surface area contributed by atoms with E-state index in [1.807, 2.05) is 44.2 Å². The molecule has 2 aromatic rings. The molecule has 2 aromatic carbocycles. The number of carbonyl (C=O) groups is 3. The van der Waals surface area contributed by atoms with Crippen LogP contribution < -0.4 is 26.2 Å². The van der Waals surface area contributed by atoms with E-state index in [2.05, 4.69) is 37.4 Å². The van der Waals surface area contributed by atoms with Crippen LogP contribution in [0.4, 0.5) is 0 Å². The van der Waals surface area contributed by atoms with Crippen LogP contribution in [0.1, 0.15) is 42.6 Å². The first-order valence-corrected chi connectivity index (χ1v) is 11.6. The lowest BCUT2D eigenvalue weighted by Gasteiger charge is -2.13. The van der Waals surface area contributed by atoms with Gasteiger partial charge in [-0.05, 0) is 57.8 Å². The molecule has 2 rings (SSSR count). The van der Waals surface area contributed by atoms with E-state index in [0.717, 1.165) is 5.56 Å². The number of amides is 3. The summed E-state index contributed by atoms with van der Waals surface area (Å²) in [5.41, 5.74) is 6.16. The highest BCUT2D eigenvalue weighted by Crippen LogP contribution is 2.26. The zero-order valence-electron chi connectivity index (χ0n) is 18.4. The van der Waals surface area contributed by atoms with Gasteiger partial charge in [-0.1, -0.05) is 44.2 Å². The van der Waals surface area contributed by atoms with Crippen molar-refractivity contribution in [1.29, 1.82) is 0 Å². The van der Waals surface area contributed by atoms with E-state index in [1.54, 1.807) is 18.2 Å². The van der Waals surface area contributed by atoms with Gasteiger partial charge in [-0.25, -0.2) is 0 Å². The first kappa shape index (κ1) is 26.3. The summed E-state index contributed by atoms with van der Waals surface area (Å²) in [4.78, 5) is 36.2. The van der Waals surface area contributed by atoms with Gasteiger partial charge in [0.05, 0.1) is 11.1 Å². The SMILES string of the molecule is CC(C)COc1ccc(C(=O)NC(=S)NNC(=O)CCC(=O)NCc2ccccc2)cc1Br. The normalized spacial score (nSPS) is 10.3. The van der Waals surface area contributed by atoms with Gasteiger partial charge in [0.15, 0.2) is 5.11 Å². The molecule has 0 bridgehead atoms. The number of halogens is 1. The van der Waals surface area contributed by atoms with Crippen LogP contribution in [0.2, 0.25) is 0 Å². The quantitative estimate of drug-likeness (QED) is 0.290. The lowest BCUT2D eigenvalue weighted by atomic mass is 10.2. The molecule has 0 atom stereocenters. The second-order valence-electron chi connectivity index (χ2n) is 7.57. The largest absolute Gasteiger partial charge is 0.492 e. The molecule has 0 unspecified atom stereocenters. The summed E-state index contributed by atoms with van der Waals surface area (Å²) in [5, 5.41) is 5.16. The van der Waals surface area contributed by atoms with E-state index in [9.17, 15) is 14.4 Å². The summed E-state index contributed by atoms with van der Waals surface area (Å²) in [6, 6.07) is 14.4. The van der Waals surface area contributed by atoms with Gasteiger partial charge in [0.2, 0.25) is 11.8 Å². The van der Waals surface area contributed by atoms with E-state index in [1.165, 1.54) is 0 Å². The minimum Gasteiger partial charge on any atom is -0.492 e. The molecule has 0 aliphatic carbocycles. The molecule has 4 N–H and O–H groups in total. The molecule has 0 saturated carbocycles. The monoisotopic (exact) mass is 534 g/mol. The summed E-state index contributed by atoms with van der Waals surface area (Å²) in [5.74, 6) is -0.103. The van der Waals surface area contributed by atoms with Crippen LogP contribution in [0.3, 0.4) is 0 Å². The van der Waals surface area contributed by atoms with Gasteiger partial charge in [-0.15, -0.1) is 0 Å². The Kier molecular flexibility index (Phi) is 10.8. The summed E-state index contributed by atoms with van der Waals surface area (Å²) >= 11 is 8.43. The molecule has 33 heavy (non-hydrogen) atoms. The van der Waals surface area contributed by atoms with Crippen LogP contribution >= 0.6 is 28.1 Å². The van der Waals surface area contributed by atoms with E-state index in [0.29, 0.717) is 34.9 Å². The maximum absolute atomic E-state index is 12.4.